The van der Waals surface area contributed by atoms with Crippen molar-refractivity contribution in [3.63, 3.8) is 0 Å². The van der Waals surface area contributed by atoms with Gasteiger partial charge in [0.05, 0.1) is 16.7 Å². The van der Waals surface area contributed by atoms with Gasteiger partial charge < -0.3 is 15.1 Å². The fourth-order valence-electron chi connectivity index (χ4n) is 3.85. The summed E-state index contributed by atoms with van der Waals surface area (Å²) < 4.78 is 78.9. The monoisotopic (exact) mass is 501 g/mol. The van der Waals surface area contributed by atoms with Gasteiger partial charge in [-0.1, -0.05) is 6.92 Å². The molecule has 190 valence electrons. The summed E-state index contributed by atoms with van der Waals surface area (Å²) in [6.07, 6.45) is -8.46. The van der Waals surface area contributed by atoms with E-state index in [1.54, 1.807) is 30.0 Å². The van der Waals surface area contributed by atoms with Crippen molar-refractivity contribution < 1.29 is 35.9 Å². The van der Waals surface area contributed by atoms with E-state index in [9.17, 15) is 35.9 Å². The molecular formula is C24H25F6N3O2. The predicted molar refractivity (Wildman–Crippen MR) is 119 cm³/mol. The minimum absolute atomic E-state index is 0.0428. The number of rotatable bonds is 4. The van der Waals surface area contributed by atoms with Crippen LogP contribution in [0.1, 0.15) is 51.6 Å². The Kier molecular flexibility index (Phi) is 7.37. The van der Waals surface area contributed by atoms with Gasteiger partial charge in [0.25, 0.3) is 11.8 Å². The van der Waals surface area contributed by atoms with Gasteiger partial charge in [-0.3, -0.25) is 9.59 Å². The number of carbonyl (C=O) groups excluding carboxylic acids is 2. The van der Waals surface area contributed by atoms with E-state index >= 15 is 0 Å². The average Bonchev–Trinajstić information content (AvgIpc) is 2.77. The second kappa shape index (κ2) is 9.79. The van der Waals surface area contributed by atoms with Crippen LogP contribution in [0.2, 0.25) is 0 Å². The fraction of sp³-hybridized carbons (Fsp3) is 0.417. The summed E-state index contributed by atoms with van der Waals surface area (Å²) in [5, 5.41) is 2.32. The molecule has 0 spiro atoms. The van der Waals surface area contributed by atoms with E-state index in [0.29, 0.717) is 36.8 Å². The number of amides is 2. The lowest BCUT2D eigenvalue weighted by Crippen LogP contribution is -2.38. The first kappa shape index (κ1) is 26.4. The number of halogens is 6. The summed E-state index contributed by atoms with van der Waals surface area (Å²) in [7, 11) is 3.45. The Morgan fingerprint density at radius 2 is 1.46 bits per heavy atom. The molecule has 1 saturated heterocycles. The Balaban J connectivity index is 1.94. The van der Waals surface area contributed by atoms with E-state index in [4.69, 9.17) is 0 Å². The second-order valence-electron chi connectivity index (χ2n) is 8.85. The van der Waals surface area contributed by atoms with E-state index in [1.165, 1.54) is 12.1 Å². The third-order valence-electron chi connectivity index (χ3n) is 5.89. The van der Waals surface area contributed by atoms with Gasteiger partial charge in [-0.15, -0.1) is 0 Å². The Hall–Kier alpha value is -3.24. The number of anilines is 2. The molecule has 35 heavy (non-hydrogen) atoms. The quantitative estimate of drug-likeness (QED) is 0.530. The molecule has 11 heteroatoms. The highest BCUT2D eigenvalue weighted by Crippen LogP contribution is 2.36. The maximum absolute atomic E-state index is 13.2. The lowest BCUT2D eigenvalue weighted by Gasteiger charge is -2.31. The summed E-state index contributed by atoms with van der Waals surface area (Å²) >= 11 is 0. The molecule has 2 aromatic rings. The van der Waals surface area contributed by atoms with Crippen LogP contribution in [0.5, 0.6) is 0 Å². The standard InChI is InChI=1S/C24H25F6N3O2/c1-14-6-8-33(9-7-14)22(35)19-13-18(4-5-20(19)32(2)3)31-21(34)15-10-16(23(25,26)27)12-17(11-15)24(28,29)30/h4-5,10-14H,6-9H2,1-3H3,(H,31,34). The lowest BCUT2D eigenvalue weighted by atomic mass is 9.98. The minimum atomic E-state index is -5.07. The van der Waals surface area contributed by atoms with Crippen molar-refractivity contribution in [3.05, 3.63) is 58.7 Å². The number of hydrogen-bond donors (Lipinski definition) is 1. The SMILES string of the molecule is CC1CCN(C(=O)c2cc(NC(=O)c3cc(C(F)(F)F)cc(C(F)(F)F)c3)ccc2N(C)C)CC1. The van der Waals surface area contributed by atoms with Crippen molar-refractivity contribution in [1.29, 1.82) is 0 Å². The molecular weight excluding hydrogens is 476 g/mol. The minimum Gasteiger partial charge on any atom is -0.377 e. The molecule has 5 nitrogen and oxygen atoms in total. The summed E-state index contributed by atoms with van der Waals surface area (Å²) in [6.45, 7) is 3.23. The van der Waals surface area contributed by atoms with E-state index in [-0.39, 0.29) is 23.2 Å². The lowest BCUT2D eigenvalue weighted by molar-refractivity contribution is -0.143. The Morgan fingerprint density at radius 1 is 0.914 bits per heavy atom. The number of nitrogens with one attached hydrogen (secondary N) is 1. The first-order chi connectivity index (χ1) is 16.2. The number of hydrogen-bond acceptors (Lipinski definition) is 3. The summed E-state index contributed by atoms with van der Waals surface area (Å²) in [5.74, 6) is -0.938. The number of nitrogens with zero attached hydrogens (tertiary/aromatic N) is 2. The molecule has 1 N–H and O–H groups in total. The summed E-state index contributed by atoms with van der Waals surface area (Å²) in [6, 6.07) is 5.05. The van der Waals surface area contributed by atoms with E-state index in [0.717, 1.165) is 12.8 Å². The molecule has 0 aliphatic carbocycles. The Morgan fingerprint density at radius 3 is 1.94 bits per heavy atom. The normalized spacial score (nSPS) is 15.2. The third-order valence-corrected chi connectivity index (χ3v) is 5.89. The van der Waals surface area contributed by atoms with E-state index in [1.807, 2.05) is 0 Å². The van der Waals surface area contributed by atoms with Crippen LogP contribution in [-0.2, 0) is 12.4 Å². The van der Waals surface area contributed by atoms with Gasteiger partial charge >= 0.3 is 12.4 Å². The van der Waals surface area contributed by atoms with Gasteiger partial charge in [0, 0.05) is 44.1 Å². The first-order valence-corrected chi connectivity index (χ1v) is 10.9. The number of carbonyl (C=O) groups is 2. The average molecular weight is 501 g/mol. The van der Waals surface area contributed by atoms with Crippen LogP contribution >= 0.6 is 0 Å². The van der Waals surface area contributed by atoms with Gasteiger partial charge in [0.2, 0.25) is 0 Å². The molecule has 0 aromatic heterocycles. The van der Waals surface area contributed by atoms with Crippen molar-refractivity contribution in [1.82, 2.24) is 4.90 Å². The summed E-state index contributed by atoms with van der Waals surface area (Å²) in [4.78, 5) is 29.2. The molecule has 2 aromatic carbocycles. The van der Waals surface area contributed by atoms with Crippen molar-refractivity contribution >= 4 is 23.2 Å². The van der Waals surface area contributed by atoms with Gasteiger partial charge in [-0.2, -0.15) is 26.3 Å². The fourth-order valence-corrected chi connectivity index (χ4v) is 3.85. The predicted octanol–water partition coefficient (Wildman–Crippen LogP) is 5.91. The zero-order valence-electron chi connectivity index (χ0n) is 19.3. The molecule has 0 atom stereocenters. The van der Waals surface area contributed by atoms with Gasteiger partial charge in [0.1, 0.15) is 0 Å². The van der Waals surface area contributed by atoms with Crippen LogP contribution in [0.25, 0.3) is 0 Å². The number of alkyl halides is 6. The van der Waals surface area contributed by atoms with E-state index in [2.05, 4.69) is 12.2 Å². The number of likely N-dealkylation sites (tertiary alicyclic amines) is 1. The molecule has 0 bridgehead atoms. The third kappa shape index (κ3) is 6.26. The molecule has 1 aliphatic rings. The molecule has 1 heterocycles. The van der Waals surface area contributed by atoms with Crippen LogP contribution in [0.4, 0.5) is 37.7 Å². The van der Waals surface area contributed by atoms with Crippen LogP contribution in [0.15, 0.2) is 36.4 Å². The molecule has 2 amide bonds. The number of benzene rings is 2. The highest BCUT2D eigenvalue weighted by Gasteiger charge is 2.37. The van der Waals surface area contributed by atoms with Crippen LogP contribution in [-0.4, -0.2) is 43.9 Å². The zero-order valence-corrected chi connectivity index (χ0v) is 19.3. The zero-order chi connectivity index (χ0) is 26.1. The van der Waals surface area contributed by atoms with Crippen molar-refractivity contribution in [2.75, 3.05) is 37.4 Å². The second-order valence-corrected chi connectivity index (χ2v) is 8.85. The Bertz CT molecular complexity index is 1070. The topological polar surface area (TPSA) is 52.7 Å². The number of piperidine rings is 1. The van der Waals surface area contributed by atoms with Gasteiger partial charge in [0.15, 0.2) is 0 Å². The van der Waals surface area contributed by atoms with Crippen LogP contribution in [0.3, 0.4) is 0 Å². The molecule has 0 saturated carbocycles. The maximum Gasteiger partial charge on any atom is 0.416 e. The molecule has 0 unspecified atom stereocenters. The molecule has 0 radical (unpaired) electrons. The molecule has 3 rings (SSSR count). The highest BCUT2D eigenvalue weighted by molar-refractivity contribution is 6.06. The first-order valence-electron chi connectivity index (χ1n) is 10.9. The van der Waals surface area contributed by atoms with Crippen molar-refractivity contribution in [2.24, 2.45) is 5.92 Å². The molecule has 1 fully saturated rings. The highest BCUT2D eigenvalue weighted by atomic mass is 19.4. The largest absolute Gasteiger partial charge is 0.416 e. The van der Waals surface area contributed by atoms with Crippen molar-refractivity contribution in [3.8, 4) is 0 Å². The van der Waals surface area contributed by atoms with Crippen LogP contribution < -0.4 is 10.2 Å². The summed E-state index contributed by atoms with van der Waals surface area (Å²) in [5.41, 5.74) is -3.08. The maximum atomic E-state index is 13.2. The Labute approximate surface area is 198 Å². The smallest absolute Gasteiger partial charge is 0.377 e. The van der Waals surface area contributed by atoms with Crippen molar-refractivity contribution in [2.45, 2.75) is 32.1 Å². The molecule has 1 aliphatic heterocycles. The van der Waals surface area contributed by atoms with Crippen LogP contribution in [0, 0.1) is 5.92 Å². The van der Waals surface area contributed by atoms with Gasteiger partial charge in [-0.05, 0) is 55.2 Å². The van der Waals surface area contributed by atoms with Gasteiger partial charge in [-0.25, -0.2) is 0 Å². The van der Waals surface area contributed by atoms with E-state index < -0.39 is 35.0 Å².